The number of aromatic nitrogens is 2. The standard InChI is InChI=1S/C23H32N2O2/c1-3-4-5-6-7-8-9-10-11-15-22(26)27-21-14-12-13-19(2)23(21)20-16-17-24-18-25-20/h12-14,16-18H,3-11,15H2,1-2H3. The number of hydrogen-bond acceptors (Lipinski definition) is 4. The highest BCUT2D eigenvalue weighted by molar-refractivity contribution is 5.78. The molecule has 0 saturated heterocycles. The average molecular weight is 369 g/mol. The van der Waals surface area contributed by atoms with Gasteiger partial charge in [-0.15, -0.1) is 0 Å². The molecule has 1 aromatic heterocycles. The molecule has 4 heteroatoms. The van der Waals surface area contributed by atoms with Crippen LogP contribution in [0.2, 0.25) is 0 Å². The normalized spacial score (nSPS) is 10.7. The Bertz CT molecular complexity index is 686. The monoisotopic (exact) mass is 368 g/mol. The van der Waals surface area contributed by atoms with E-state index in [-0.39, 0.29) is 5.97 Å². The molecule has 0 spiro atoms. The highest BCUT2D eigenvalue weighted by Gasteiger charge is 2.13. The minimum absolute atomic E-state index is 0.168. The SMILES string of the molecule is CCCCCCCCCCCC(=O)Oc1cccc(C)c1-c1ccncn1. The number of hydrogen-bond donors (Lipinski definition) is 0. The van der Waals surface area contributed by atoms with Crippen LogP contribution in [0.4, 0.5) is 0 Å². The third kappa shape index (κ3) is 7.49. The van der Waals surface area contributed by atoms with E-state index in [0.717, 1.165) is 29.7 Å². The summed E-state index contributed by atoms with van der Waals surface area (Å²) in [6.45, 7) is 4.24. The topological polar surface area (TPSA) is 52.1 Å². The van der Waals surface area contributed by atoms with E-state index in [9.17, 15) is 4.79 Å². The molecule has 0 unspecified atom stereocenters. The van der Waals surface area contributed by atoms with Gasteiger partial charge in [0.25, 0.3) is 0 Å². The van der Waals surface area contributed by atoms with Crippen LogP contribution < -0.4 is 4.74 Å². The van der Waals surface area contributed by atoms with Crippen molar-refractivity contribution in [1.82, 2.24) is 9.97 Å². The van der Waals surface area contributed by atoms with E-state index < -0.39 is 0 Å². The summed E-state index contributed by atoms with van der Waals surface area (Å²) in [7, 11) is 0. The number of esters is 1. The molecule has 0 amide bonds. The molecule has 0 aliphatic rings. The first-order chi connectivity index (χ1) is 13.2. The van der Waals surface area contributed by atoms with Gasteiger partial charge >= 0.3 is 5.97 Å². The summed E-state index contributed by atoms with van der Waals surface area (Å²) >= 11 is 0. The van der Waals surface area contributed by atoms with E-state index in [1.165, 1.54) is 51.3 Å². The number of nitrogens with zero attached hydrogens (tertiary/aromatic N) is 2. The Morgan fingerprint density at radius 3 is 2.33 bits per heavy atom. The van der Waals surface area contributed by atoms with Crippen molar-refractivity contribution in [2.45, 2.75) is 78.1 Å². The van der Waals surface area contributed by atoms with Gasteiger partial charge in [0.2, 0.25) is 0 Å². The van der Waals surface area contributed by atoms with Crippen LogP contribution >= 0.6 is 0 Å². The van der Waals surface area contributed by atoms with Gasteiger partial charge in [0, 0.05) is 18.2 Å². The van der Waals surface area contributed by atoms with E-state index in [0.29, 0.717) is 12.2 Å². The lowest BCUT2D eigenvalue weighted by Gasteiger charge is -2.12. The van der Waals surface area contributed by atoms with Crippen LogP contribution in [-0.2, 0) is 4.79 Å². The van der Waals surface area contributed by atoms with Crippen molar-refractivity contribution >= 4 is 5.97 Å². The summed E-state index contributed by atoms with van der Waals surface area (Å²) in [4.78, 5) is 20.5. The molecule has 2 aromatic rings. The Balaban J connectivity index is 1.76. The van der Waals surface area contributed by atoms with E-state index in [4.69, 9.17) is 4.74 Å². The molecule has 0 saturated carbocycles. The van der Waals surface area contributed by atoms with Gasteiger partial charge in [0.05, 0.1) is 5.69 Å². The predicted molar refractivity (Wildman–Crippen MR) is 110 cm³/mol. The second-order valence-corrected chi connectivity index (χ2v) is 7.10. The fourth-order valence-electron chi connectivity index (χ4n) is 3.25. The highest BCUT2D eigenvalue weighted by atomic mass is 16.5. The first kappa shape index (κ1) is 21.1. The second kappa shape index (κ2) is 12.2. The molecule has 0 bridgehead atoms. The van der Waals surface area contributed by atoms with Crippen molar-refractivity contribution in [3.8, 4) is 17.0 Å². The van der Waals surface area contributed by atoms with Crippen molar-refractivity contribution < 1.29 is 9.53 Å². The van der Waals surface area contributed by atoms with Crippen LogP contribution in [0.3, 0.4) is 0 Å². The van der Waals surface area contributed by atoms with Gasteiger partial charge in [-0.2, -0.15) is 0 Å². The summed E-state index contributed by atoms with van der Waals surface area (Å²) in [5.74, 6) is 0.411. The van der Waals surface area contributed by atoms with Gasteiger partial charge in [0.1, 0.15) is 12.1 Å². The lowest BCUT2D eigenvalue weighted by Crippen LogP contribution is -2.09. The zero-order valence-electron chi connectivity index (χ0n) is 16.7. The lowest BCUT2D eigenvalue weighted by atomic mass is 10.0. The minimum Gasteiger partial charge on any atom is -0.426 e. The van der Waals surface area contributed by atoms with E-state index in [1.807, 2.05) is 31.2 Å². The summed E-state index contributed by atoms with van der Waals surface area (Å²) in [6.07, 6.45) is 14.8. The van der Waals surface area contributed by atoms with Crippen molar-refractivity contribution in [1.29, 1.82) is 0 Å². The highest BCUT2D eigenvalue weighted by Crippen LogP contribution is 2.31. The number of unbranched alkanes of at least 4 members (excludes halogenated alkanes) is 8. The molecular weight excluding hydrogens is 336 g/mol. The largest absolute Gasteiger partial charge is 0.426 e. The number of rotatable bonds is 12. The van der Waals surface area contributed by atoms with Crippen LogP contribution in [0.15, 0.2) is 36.8 Å². The zero-order chi connectivity index (χ0) is 19.3. The van der Waals surface area contributed by atoms with Gasteiger partial charge in [-0.3, -0.25) is 4.79 Å². The fraction of sp³-hybridized carbons (Fsp3) is 0.522. The van der Waals surface area contributed by atoms with Crippen molar-refractivity contribution in [2.24, 2.45) is 0 Å². The number of aryl methyl sites for hydroxylation is 1. The van der Waals surface area contributed by atoms with E-state index in [2.05, 4.69) is 16.9 Å². The third-order valence-electron chi connectivity index (χ3n) is 4.78. The molecule has 0 aliphatic heterocycles. The molecule has 1 heterocycles. The summed E-state index contributed by atoms with van der Waals surface area (Å²) < 4.78 is 5.65. The van der Waals surface area contributed by atoms with Gasteiger partial charge in [-0.25, -0.2) is 9.97 Å². The Kier molecular flexibility index (Phi) is 9.53. The maximum absolute atomic E-state index is 12.3. The quantitative estimate of drug-likeness (QED) is 0.251. The summed E-state index contributed by atoms with van der Waals surface area (Å²) in [5, 5.41) is 0. The van der Waals surface area contributed by atoms with Gasteiger partial charge in [0.15, 0.2) is 0 Å². The molecule has 1 aromatic carbocycles. The Hall–Kier alpha value is -2.23. The smallest absolute Gasteiger partial charge is 0.311 e. The number of ether oxygens (including phenoxy) is 1. The predicted octanol–water partition coefficient (Wildman–Crippen LogP) is 6.28. The van der Waals surface area contributed by atoms with Crippen molar-refractivity contribution in [3.63, 3.8) is 0 Å². The lowest BCUT2D eigenvalue weighted by molar-refractivity contribution is -0.134. The van der Waals surface area contributed by atoms with Crippen LogP contribution in [0.25, 0.3) is 11.3 Å². The Labute approximate surface area is 163 Å². The number of carbonyl (C=O) groups is 1. The van der Waals surface area contributed by atoms with Gasteiger partial charge in [-0.05, 0) is 31.0 Å². The van der Waals surface area contributed by atoms with Gasteiger partial charge < -0.3 is 4.74 Å². The molecule has 0 N–H and O–H groups in total. The summed E-state index contributed by atoms with van der Waals surface area (Å²) in [6, 6.07) is 7.56. The third-order valence-corrected chi connectivity index (χ3v) is 4.78. The number of carbonyl (C=O) groups excluding carboxylic acids is 1. The zero-order valence-corrected chi connectivity index (χ0v) is 16.7. The first-order valence-corrected chi connectivity index (χ1v) is 10.3. The van der Waals surface area contributed by atoms with Crippen LogP contribution in [0.1, 0.15) is 76.7 Å². The second-order valence-electron chi connectivity index (χ2n) is 7.10. The van der Waals surface area contributed by atoms with Crippen molar-refractivity contribution in [3.05, 3.63) is 42.4 Å². The molecule has 4 nitrogen and oxygen atoms in total. The number of benzene rings is 1. The molecular formula is C23H32N2O2. The molecule has 0 fully saturated rings. The average Bonchev–Trinajstić information content (AvgIpc) is 2.67. The van der Waals surface area contributed by atoms with Crippen LogP contribution in [-0.4, -0.2) is 15.9 Å². The Morgan fingerprint density at radius 1 is 0.963 bits per heavy atom. The summed E-state index contributed by atoms with van der Waals surface area (Å²) in [5.41, 5.74) is 2.66. The molecule has 0 aliphatic carbocycles. The van der Waals surface area contributed by atoms with Crippen LogP contribution in [0, 0.1) is 6.92 Å². The molecule has 2 rings (SSSR count). The molecule has 0 atom stereocenters. The maximum atomic E-state index is 12.3. The van der Waals surface area contributed by atoms with E-state index in [1.54, 1.807) is 6.20 Å². The molecule has 27 heavy (non-hydrogen) atoms. The minimum atomic E-state index is -0.168. The van der Waals surface area contributed by atoms with Crippen molar-refractivity contribution in [2.75, 3.05) is 0 Å². The molecule has 146 valence electrons. The van der Waals surface area contributed by atoms with Gasteiger partial charge in [-0.1, -0.05) is 70.4 Å². The fourth-order valence-corrected chi connectivity index (χ4v) is 3.25. The Morgan fingerprint density at radius 2 is 1.67 bits per heavy atom. The molecule has 0 radical (unpaired) electrons. The van der Waals surface area contributed by atoms with E-state index >= 15 is 0 Å². The maximum Gasteiger partial charge on any atom is 0.311 e. The first-order valence-electron chi connectivity index (χ1n) is 10.3. The van der Waals surface area contributed by atoms with Crippen LogP contribution in [0.5, 0.6) is 5.75 Å².